The first kappa shape index (κ1) is 13.8. The molecule has 1 heterocycles. The van der Waals surface area contributed by atoms with E-state index in [1.54, 1.807) is 12.4 Å². The van der Waals surface area contributed by atoms with Crippen LogP contribution in [0.2, 0.25) is 5.02 Å². The number of pyridine rings is 1. The van der Waals surface area contributed by atoms with Crippen molar-refractivity contribution in [1.82, 2.24) is 4.98 Å². The van der Waals surface area contributed by atoms with Crippen LogP contribution in [0.3, 0.4) is 0 Å². The molecule has 1 aliphatic rings. The van der Waals surface area contributed by atoms with Gasteiger partial charge < -0.3 is 5.11 Å². The second-order valence-corrected chi connectivity index (χ2v) is 6.49. The molecule has 2 atom stereocenters. The Morgan fingerprint density at radius 1 is 1.50 bits per heavy atom. The van der Waals surface area contributed by atoms with E-state index in [-0.39, 0.29) is 11.5 Å². The number of aliphatic hydroxyl groups is 1. The Bertz CT molecular complexity index is 405. The second kappa shape index (κ2) is 5.58. The van der Waals surface area contributed by atoms with Crippen LogP contribution in [-0.4, -0.2) is 16.2 Å². The first-order valence-corrected chi connectivity index (χ1v) is 7.15. The molecule has 1 aliphatic carbocycles. The van der Waals surface area contributed by atoms with Gasteiger partial charge in [0, 0.05) is 18.8 Å². The summed E-state index contributed by atoms with van der Waals surface area (Å²) in [6.07, 6.45) is 8.56. The van der Waals surface area contributed by atoms with Crippen molar-refractivity contribution in [3.8, 4) is 0 Å². The summed E-state index contributed by atoms with van der Waals surface area (Å²) in [5.74, 6) is 0.371. The fourth-order valence-corrected chi connectivity index (χ4v) is 3.37. The molecule has 0 aromatic carbocycles. The van der Waals surface area contributed by atoms with Gasteiger partial charge >= 0.3 is 0 Å². The number of rotatable bonds is 3. The lowest BCUT2D eigenvalue weighted by Crippen LogP contribution is -2.37. The van der Waals surface area contributed by atoms with Crippen molar-refractivity contribution >= 4 is 11.6 Å². The fourth-order valence-electron chi connectivity index (χ4n) is 3.17. The topological polar surface area (TPSA) is 33.1 Å². The highest BCUT2D eigenvalue weighted by Gasteiger charge is 2.36. The van der Waals surface area contributed by atoms with Crippen LogP contribution in [-0.2, 0) is 6.42 Å². The summed E-state index contributed by atoms with van der Waals surface area (Å²) in [6, 6.07) is 1.90. The van der Waals surface area contributed by atoms with Gasteiger partial charge in [0.25, 0.3) is 0 Å². The van der Waals surface area contributed by atoms with Crippen LogP contribution in [0.5, 0.6) is 0 Å². The van der Waals surface area contributed by atoms with Gasteiger partial charge in [-0.2, -0.15) is 0 Å². The average Bonchev–Trinajstić information content (AvgIpc) is 2.31. The third-order valence-corrected chi connectivity index (χ3v) is 4.68. The van der Waals surface area contributed by atoms with Crippen LogP contribution in [0.1, 0.15) is 45.1 Å². The lowest BCUT2D eigenvalue weighted by atomic mass is 9.66. The van der Waals surface area contributed by atoms with Crippen LogP contribution in [0.15, 0.2) is 18.5 Å². The largest absolute Gasteiger partial charge is 0.392 e. The molecule has 0 bridgehead atoms. The molecule has 2 rings (SSSR count). The zero-order valence-corrected chi connectivity index (χ0v) is 12.0. The maximum atomic E-state index is 10.5. The lowest BCUT2D eigenvalue weighted by molar-refractivity contribution is 0.00581. The molecule has 3 heteroatoms. The highest BCUT2D eigenvalue weighted by atomic mass is 35.5. The molecule has 1 N–H and O–H groups in total. The standard InChI is InChI=1S/C15H22ClNO/c1-15(2)7-4-3-5-12(15)14(18)9-11-6-8-17-10-13(11)16/h6,8,10,12,14,18H,3-5,7,9H2,1-2H3. The van der Waals surface area contributed by atoms with Gasteiger partial charge in [0.15, 0.2) is 0 Å². The van der Waals surface area contributed by atoms with E-state index in [0.29, 0.717) is 17.4 Å². The summed E-state index contributed by atoms with van der Waals surface area (Å²) in [7, 11) is 0. The summed E-state index contributed by atoms with van der Waals surface area (Å²) in [6.45, 7) is 4.54. The summed E-state index contributed by atoms with van der Waals surface area (Å²) >= 11 is 6.10. The normalized spacial score (nSPS) is 24.8. The van der Waals surface area contributed by atoms with E-state index in [1.807, 2.05) is 6.07 Å². The van der Waals surface area contributed by atoms with Crippen molar-refractivity contribution in [2.24, 2.45) is 11.3 Å². The second-order valence-electron chi connectivity index (χ2n) is 6.08. The zero-order valence-electron chi connectivity index (χ0n) is 11.2. The predicted molar refractivity (Wildman–Crippen MR) is 74.7 cm³/mol. The Balaban J connectivity index is 2.07. The Morgan fingerprint density at radius 3 is 2.94 bits per heavy atom. The molecule has 0 saturated heterocycles. The van der Waals surface area contributed by atoms with Crippen LogP contribution < -0.4 is 0 Å². The highest BCUT2D eigenvalue weighted by molar-refractivity contribution is 6.31. The molecule has 1 aromatic heterocycles. The maximum Gasteiger partial charge on any atom is 0.0622 e. The molecule has 0 amide bonds. The number of nitrogens with zero attached hydrogens (tertiary/aromatic N) is 1. The molecule has 1 saturated carbocycles. The molecule has 1 aromatic rings. The van der Waals surface area contributed by atoms with Crippen molar-refractivity contribution < 1.29 is 5.11 Å². The molecule has 2 unspecified atom stereocenters. The quantitative estimate of drug-likeness (QED) is 0.902. The third-order valence-electron chi connectivity index (χ3n) is 4.34. The Labute approximate surface area is 114 Å². The van der Waals surface area contributed by atoms with Gasteiger partial charge in [0.1, 0.15) is 0 Å². The fraction of sp³-hybridized carbons (Fsp3) is 0.667. The summed E-state index contributed by atoms with van der Waals surface area (Å²) in [4.78, 5) is 3.98. The average molecular weight is 268 g/mol. The van der Waals surface area contributed by atoms with E-state index in [0.717, 1.165) is 12.0 Å². The first-order chi connectivity index (χ1) is 8.50. The molecule has 0 aliphatic heterocycles. The van der Waals surface area contributed by atoms with E-state index in [2.05, 4.69) is 18.8 Å². The summed E-state index contributed by atoms with van der Waals surface area (Å²) in [5.41, 5.74) is 1.23. The van der Waals surface area contributed by atoms with E-state index < -0.39 is 0 Å². The van der Waals surface area contributed by atoms with Gasteiger partial charge in [-0.15, -0.1) is 0 Å². The maximum absolute atomic E-state index is 10.5. The van der Waals surface area contributed by atoms with Gasteiger partial charge in [0.05, 0.1) is 11.1 Å². The van der Waals surface area contributed by atoms with Gasteiger partial charge in [-0.3, -0.25) is 4.98 Å². The molecular formula is C15H22ClNO. The summed E-state index contributed by atoms with van der Waals surface area (Å²) in [5, 5.41) is 11.2. The molecule has 0 spiro atoms. The smallest absolute Gasteiger partial charge is 0.0622 e. The molecule has 18 heavy (non-hydrogen) atoms. The first-order valence-electron chi connectivity index (χ1n) is 6.77. The zero-order chi connectivity index (χ0) is 13.2. The number of aliphatic hydroxyl groups excluding tert-OH is 1. The third kappa shape index (κ3) is 3.04. The molecular weight excluding hydrogens is 246 g/mol. The van der Waals surface area contributed by atoms with E-state index >= 15 is 0 Å². The molecule has 100 valence electrons. The Hall–Kier alpha value is -0.600. The van der Waals surface area contributed by atoms with Crippen LogP contribution >= 0.6 is 11.6 Å². The number of halogens is 1. The van der Waals surface area contributed by atoms with Crippen molar-refractivity contribution in [2.75, 3.05) is 0 Å². The van der Waals surface area contributed by atoms with Crippen molar-refractivity contribution in [3.05, 3.63) is 29.0 Å². The van der Waals surface area contributed by atoms with Gasteiger partial charge in [-0.25, -0.2) is 0 Å². The molecule has 1 fully saturated rings. The van der Waals surface area contributed by atoms with Crippen LogP contribution in [0, 0.1) is 11.3 Å². The minimum atomic E-state index is -0.305. The van der Waals surface area contributed by atoms with Gasteiger partial charge in [-0.05, 0) is 35.8 Å². The molecule has 2 nitrogen and oxygen atoms in total. The van der Waals surface area contributed by atoms with Gasteiger partial charge in [-0.1, -0.05) is 38.3 Å². The van der Waals surface area contributed by atoms with E-state index in [1.165, 1.54) is 19.3 Å². The SMILES string of the molecule is CC1(C)CCCCC1C(O)Cc1ccncc1Cl. The number of hydrogen-bond acceptors (Lipinski definition) is 2. The molecule has 0 radical (unpaired) electrons. The van der Waals surface area contributed by atoms with E-state index in [9.17, 15) is 5.11 Å². The number of aromatic nitrogens is 1. The Morgan fingerprint density at radius 2 is 2.28 bits per heavy atom. The minimum Gasteiger partial charge on any atom is -0.392 e. The van der Waals surface area contributed by atoms with Crippen LogP contribution in [0.25, 0.3) is 0 Å². The predicted octanol–water partition coefficient (Wildman–Crippen LogP) is 3.85. The lowest BCUT2D eigenvalue weighted by Gasteiger charge is -2.41. The Kier molecular flexibility index (Phi) is 4.29. The van der Waals surface area contributed by atoms with Gasteiger partial charge in [0.2, 0.25) is 0 Å². The van der Waals surface area contributed by atoms with E-state index in [4.69, 9.17) is 11.6 Å². The highest BCUT2D eigenvalue weighted by Crippen LogP contribution is 2.43. The van der Waals surface area contributed by atoms with Crippen molar-refractivity contribution in [1.29, 1.82) is 0 Å². The van der Waals surface area contributed by atoms with Crippen LogP contribution in [0.4, 0.5) is 0 Å². The monoisotopic (exact) mass is 267 g/mol. The van der Waals surface area contributed by atoms with Crippen molar-refractivity contribution in [2.45, 2.75) is 52.1 Å². The minimum absolute atomic E-state index is 0.233. The number of hydrogen-bond donors (Lipinski definition) is 1. The van der Waals surface area contributed by atoms with Crippen molar-refractivity contribution in [3.63, 3.8) is 0 Å². The summed E-state index contributed by atoms with van der Waals surface area (Å²) < 4.78 is 0.